The van der Waals surface area contributed by atoms with Crippen LogP contribution in [0.25, 0.3) is 12.2 Å². The Kier molecular flexibility index (Phi) is 19.6. The maximum Gasteiger partial charge on any atom is 0.330 e. The lowest BCUT2D eigenvalue weighted by atomic mass is 9.98. The van der Waals surface area contributed by atoms with Gasteiger partial charge in [0.2, 0.25) is 11.8 Å². The molecule has 0 spiro atoms. The van der Waals surface area contributed by atoms with Crippen molar-refractivity contribution in [3.8, 4) is 0 Å². The monoisotopic (exact) mass is 782 g/mol. The van der Waals surface area contributed by atoms with E-state index in [2.05, 4.69) is 30.7 Å². The summed E-state index contributed by atoms with van der Waals surface area (Å²) in [6, 6.07) is 11.2. The van der Waals surface area contributed by atoms with Gasteiger partial charge in [-0.2, -0.15) is 0 Å². The Morgan fingerprint density at radius 3 is 1.16 bits per heavy atom. The van der Waals surface area contributed by atoms with Crippen molar-refractivity contribution >= 4 is 47.7 Å². The molecule has 306 valence electrons. The smallest absolute Gasteiger partial charge is 0.330 e. The Morgan fingerprint density at radius 1 is 0.571 bits per heavy atom. The molecule has 0 aliphatic carbocycles. The molecule has 6 N–H and O–H groups in total. The summed E-state index contributed by atoms with van der Waals surface area (Å²) in [5.74, 6) is -4.82. The number of methoxy groups -OCH3 is 2. The molecule has 0 aliphatic rings. The van der Waals surface area contributed by atoms with Crippen molar-refractivity contribution in [1.82, 2.24) is 21.3 Å². The SMILES string of the molecule is CNC(=O)C(NC(=O)C(OCc1ccc(C=CC(=O)OC)cc1)C(O)C(O)C(OCc1ccc(C=CC(=O)OC)cc1)C(=O)NC(C(=O)NC)C(C)C)C(C)C. The van der Waals surface area contributed by atoms with Gasteiger partial charge in [0, 0.05) is 26.2 Å². The first kappa shape index (κ1) is 46.7. The summed E-state index contributed by atoms with van der Waals surface area (Å²) in [4.78, 5) is 75.9. The van der Waals surface area contributed by atoms with Crippen LogP contribution in [0.15, 0.2) is 60.7 Å². The van der Waals surface area contributed by atoms with Crippen LogP contribution in [-0.4, -0.2) is 111 Å². The third-order valence-electron chi connectivity index (χ3n) is 8.52. The molecule has 0 saturated heterocycles. The zero-order valence-electron chi connectivity index (χ0n) is 32.9. The minimum Gasteiger partial charge on any atom is -0.466 e. The second kappa shape index (κ2) is 23.5. The van der Waals surface area contributed by atoms with Gasteiger partial charge in [-0.1, -0.05) is 76.2 Å². The highest BCUT2D eigenvalue weighted by molar-refractivity contribution is 5.91. The third-order valence-corrected chi connectivity index (χ3v) is 8.52. The van der Waals surface area contributed by atoms with Crippen LogP contribution in [0.5, 0.6) is 0 Å². The number of amides is 4. The number of ether oxygens (including phenoxy) is 4. The largest absolute Gasteiger partial charge is 0.466 e. The van der Waals surface area contributed by atoms with Gasteiger partial charge >= 0.3 is 11.9 Å². The second-order valence-corrected chi connectivity index (χ2v) is 13.3. The number of hydrogen-bond donors (Lipinski definition) is 6. The molecule has 16 heteroatoms. The highest BCUT2D eigenvalue weighted by Gasteiger charge is 2.42. The summed E-state index contributed by atoms with van der Waals surface area (Å²) in [7, 11) is 5.31. The maximum absolute atomic E-state index is 13.8. The fourth-order valence-corrected chi connectivity index (χ4v) is 5.16. The number of hydrogen-bond acceptors (Lipinski definition) is 12. The van der Waals surface area contributed by atoms with Crippen molar-refractivity contribution in [1.29, 1.82) is 0 Å². The molecule has 56 heavy (non-hydrogen) atoms. The molecule has 2 rings (SSSR count). The van der Waals surface area contributed by atoms with Crippen LogP contribution in [0.3, 0.4) is 0 Å². The first-order chi connectivity index (χ1) is 26.6. The Balaban J connectivity index is 2.49. The minimum atomic E-state index is -2.12. The van der Waals surface area contributed by atoms with E-state index in [4.69, 9.17) is 9.47 Å². The van der Waals surface area contributed by atoms with Crippen LogP contribution >= 0.6 is 0 Å². The summed E-state index contributed by atoms with van der Waals surface area (Å²) in [5.41, 5.74) is 2.38. The summed E-state index contributed by atoms with van der Waals surface area (Å²) in [6.07, 6.45) is -2.38. The van der Waals surface area contributed by atoms with E-state index in [0.29, 0.717) is 22.3 Å². The Morgan fingerprint density at radius 2 is 0.893 bits per heavy atom. The zero-order valence-corrected chi connectivity index (χ0v) is 32.9. The number of benzene rings is 2. The van der Waals surface area contributed by atoms with Crippen molar-refractivity contribution in [3.05, 3.63) is 82.9 Å². The summed E-state index contributed by atoms with van der Waals surface area (Å²) >= 11 is 0. The molecule has 0 fully saturated rings. The van der Waals surface area contributed by atoms with E-state index in [1.54, 1.807) is 76.2 Å². The van der Waals surface area contributed by atoms with Gasteiger partial charge < -0.3 is 50.4 Å². The van der Waals surface area contributed by atoms with Crippen molar-refractivity contribution in [2.24, 2.45) is 11.8 Å². The molecule has 0 aliphatic heterocycles. The Hall–Kier alpha value is -5.42. The molecule has 6 unspecified atom stereocenters. The molecule has 0 bridgehead atoms. The number of esters is 2. The van der Waals surface area contributed by atoms with Crippen molar-refractivity contribution in [2.75, 3.05) is 28.3 Å². The molecule has 0 radical (unpaired) electrons. The van der Waals surface area contributed by atoms with Gasteiger partial charge in [-0.05, 0) is 46.2 Å². The van der Waals surface area contributed by atoms with Crippen LogP contribution in [0.4, 0.5) is 0 Å². The molecule has 6 atom stereocenters. The first-order valence-electron chi connectivity index (χ1n) is 17.9. The van der Waals surface area contributed by atoms with Crippen LogP contribution in [0.1, 0.15) is 49.9 Å². The average Bonchev–Trinajstić information content (AvgIpc) is 3.19. The summed E-state index contributed by atoms with van der Waals surface area (Å²) in [5, 5.41) is 33.4. The molecule has 0 heterocycles. The van der Waals surface area contributed by atoms with Gasteiger partial charge in [0.15, 0.2) is 12.2 Å². The molecule has 4 amide bonds. The number of carbonyl (C=O) groups is 6. The number of carbonyl (C=O) groups excluding carboxylic acids is 6. The fraction of sp³-hybridized carbons (Fsp3) is 0.450. The van der Waals surface area contributed by atoms with E-state index in [1.165, 1.54) is 52.6 Å². The van der Waals surface area contributed by atoms with Crippen molar-refractivity contribution in [2.45, 2.75) is 77.4 Å². The van der Waals surface area contributed by atoms with Crippen molar-refractivity contribution in [3.63, 3.8) is 0 Å². The van der Waals surface area contributed by atoms with E-state index in [-0.39, 0.29) is 13.2 Å². The summed E-state index contributed by atoms with van der Waals surface area (Å²) in [6.45, 7) is 6.26. The van der Waals surface area contributed by atoms with E-state index in [9.17, 15) is 39.0 Å². The van der Waals surface area contributed by atoms with Gasteiger partial charge in [-0.25, -0.2) is 9.59 Å². The minimum absolute atomic E-state index is 0.268. The number of aliphatic hydroxyl groups excluding tert-OH is 2. The molecular weight excluding hydrogens is 728 g/mol. The van der Waals surface area contributed by atoms with Gasteiger partial charge in [-0.15, -0.1) is 0 Å². The van der Waals surface area contributed by atoms with Gasteiger partial charge in [-0.3, -0.25) is 19.2 Å². The molecule has 0 saturated carbocycles. The lowest BCUT2D eigenvalue weighted by Crippen LogP contribution is -2.60. The molecule has 16 nitrogen and oxygen atoms in total. The predicted molar refractivity (Wildman–Crippen MR) is 206 cm³/mol. The highest BCUT2D eigenvalue weighted by Crippen LogP contribution is 2.19. The number of nitrogens with one attached hydrogen (secondary N) is 4. The van der Waals surface area contributed by atoms with Crippen LogP contribution in [-0.2, 0) is 60.9 Å². The number of aliphatic hydroxyl groups is 2. The molecular formula is C40H54N4O12. The first-order valence-corrected chi connectivity index (χ1v) is 17.9. The normalized spacial score (nSPS) is 14.7. The second-order valence-electron chi connectivity index (χ2n) is 13.3. The third kappa shape index (κ3) is 14.7. The van der Waals surface area contributed by atoms with E-state index in [0.717, 1.165) is 0 Å². The topological polar surface area (TPSA) is 228 Å². The molecule has 0 aromatic heterocycles. The van der Waals surface area contributed by atoms with Gasteiger partial charge in [0.25, 0.3) is 11.8 Å². The average molecular weight is 783 g/mol. The van der Waals surface area contributed by atoms with Crippen LogP contribution < -0.4 is 21.3 Å². The van der Waals surface area contributed by atoms with E-state index in [1.807, 2.05) is 0 Å². The van der Waals surface area contributed by atoms with Crippen molar-refractivity contribution < 1.29 is 57.9 Å². The summed E-state index contributed by atoms with van der Waals surface area (Å²) < 4.78 is 21.0. The fourth-order valence-electron chi connectivity index (χ4n) is 5.16. The maximum atomic E-state index is 13.8. The standard InChI is InChI=1S/C40H54N4O12/c1-23(2)31(37(49)41-5)43-39(51)35(55-21-27-13-9-25(10-14-27)17-19-29(45)53-7)33(47)34(48)36(40(52)44-32(24(3)4)38(50)42-6)56-22-28-15-11-26(12-16-28)18-20-30(46)54-8/h9-20,23-24,31-36,47-48H,21-22H2,1-8H3,(H,41,49)(H,42,50)(H,43,51)(H,44,52). The van der Waals surface area contributed by atoms with Gasteiger partial charge in [0.1, 0.15) is 24.3 Å². The number of rotatable bonds is 21. The molecule has 2 aromatic carbocycles. The van der Waals surface area contributed by atoms with Gasteiger partial charge in [0.05, 0.1) is 27.4 Å². The predicted octanol–water partition coefficient (Wildman–Crippen LogP) is 1.03. The lowest BCUT2D eigenvalue weighted by molar-refractivity contribution is -0.171. The van der Waals surface area contributed by atoms with Crippen LogP contribution in [0, 0.1) is 11.8 Å². The lowest BCUT2D eigenvalue weighted by Gasteiger charge is -2.32. The van der Waals surface area contributed by atoms with E-state index < -0.39 is 83.9 Å². The molecule has 2 aromatic rings. The van der Waals surface area contributed by atoms with E-state index >= 15 is 0 Å². The highest BCUT2D eigenvalue weighted by atomic mass is 16.5. The van der Waals surface area contributed by atoms with Crippen LogP contribution in [0.2, 0.25) is 0 Å². The quantitative estimate of drug-likeness (QED) is 0.0771. The Labute approximate surface area is 327 Å². The zero-order chi connectivity index (χ0) is 41.9. The number of likely N-dealkylation sites (N-methyl/N-ethyl adjacent to an activating group) is 2. The Bertz CT molecular complexity index is 1550.